The van der Waals surface area contributed by atoms with Gasteiger partial charge in [0.25, 0.3) is 5.91 Å². The third-order valence-corrected chi connectivity index (χ3v) is 4.13. The molecule has 0 aliphatic rings. The Kier molecular flexibility index (Phi) is 5.85. The Balaban J connectivity index is 2.10. The van der Waals surface area contributed by atoms with E-state index in [4.69, 9.17) is 4.74 Å². The lowest BCUT2D eigenvalue weighted by Crippen LogP contribution is -2.18. The molecule has 0 saturated heterocycles. The lowest BCUT2D eigenvalue weighted by Gasteiger charge is -2.18. The molecule has 0 fully saturated rings. The number of ether oxygens (including phenoxy) is 1. The summed E-state index contributed by atoms with van der Waals surface area (Å²) in [6.45, 7) is 6.35. The van der Waals surface area contributed by atoms with E-state index in [0.717, 1.165) is 10.0 Å². The molecule has 6 heteroatoms. The number of hydrazone groups is 1. The molecule has 2 rings (SSSR count). The standard InChI is InChI=1S/C19H21BrN2O3/c1-19(2,3)14-7-5-12(6-8-14)18(24)22-21-11-13-9-15(20)10-16(25-4)17(13)23/h5-11,23H,1-4H3,(H,22,24)/b21-11+. The number of nitrogens with one attached hydrogen (secondary N) is 1. The van der Waals surface area contributed by atoms with E-state index in [0.29, 0.717) is 16.9 Å². The molecule has 0 radical (unpaired) electrons. The normalized spacial score (nSPS) is 11.6. The molecule has 0 atom stereocenters. The lowest BCUT2D eigenvalue weighted by atomic mass is 9.87. The molecular formula is C19H21BrN2O3. The van der Waals surface area contributed by atoms with Gasteiger partial charge in [0.05, 0.1) is 13.3 Å². The van der Waals surface area contributed by atoms with Crippen molar-refractivity contribution in [3.05, 3.63) is 57.6 Å². The van der Waals surface area contributed by atoms with Crippen LogP contribution in [0.4, 0.5) is 0 Å². The van der Waals surface area contributed by atoms with Gasteiger partial charge < -0.3 is 9.84 Å². The summed E-state index contributed by atoms with van der Waals surface area (Å²) in [5, 5.41) is 14.0. The summed E-state index contributed by atoms with van der Waals surface area (Å²) in [5.41, 5.74) is 4.58. The van der Waals surface area contributed by atoms with Gasteiger partial charge in [-0.05, 0) is 35.2 Å². The molecule has 0 unspecified atom stereocenters. The zero-order chi connectivity index (χ0) is 18.6. The predicted molar refractivity (Wildman–Crippen MR) is 103 cm³/mol. The molecular weight excluding hydrogens is 384 g/mol. The van der Waals surface area contributed by atoms with E-state index in [-0.39, 0.29) is 17.1 Å². The van der Waals surface area contributed by atoms with E-state index in [9.17, 15) is 9.90 Å². The van der Waals surface area contributed by atoms with Crippen molar-refractivity contribution in [2.24, 2.45) is 5.10 Å². The topological polar surface area (TPSA) is 70.9 Å². The molecule has 0 aliphatic heterocycles. The van der Waals surface area contributed by atoms with Gasteiger partial charge in [0, 0.05) is 15.6 Å². The van der Waals surface area contributed by atoms with Crippen LogP contribution in [-0.2, 0) is 5.41 Å². The SMILES string of the molecule is COc1cc(Br)cc(/C=N/NC(=O)c2ccc(C(C)(C)C)cc2)c1O. The summed E-state index contributed by atoms with van der Waals surface area (Å²) in [7, 11) is 1.46. The molecule has 2 aromatic carbocycles. The van der Waals surface area contributed by atoms with Gasteiger partial charge in [0.1, 0.15) is 0 Å². The molecule has 0 aromatic heterocycles. The van der Waals surface area contributed by atoms with Crippen LogP contribution in [0.5, 0.6) is 11.5 Å². The number of benzene rings is 2. The highest BCUT2D eigenvalue weighted by Crippen LogP contribution is 2.32. The van der Waals surface area contributed by atoms with E-state index in [2.05, 4.69) is 47.2 Å². The van der Waals surface area contributed by atoms with Crippen molar-refractivity contribution in [2.75, 3.05) is 7.11 Å². The number of carbonyl (C=O) groups excluding carboxylic acids is 1. The number of nitrogens with zero attached hydrogens (tertiary/aromatic N) is 1. The van der Waals surface area contributed by atoms with Crippen LogP contribution in [0.15, 0.2) is 46.0 Å². The highest BCUT2D eigenvalue weighted by atomic mass is 79.9. The Bertz CT molecular complexity index is 794. The summed E-state index contributed by atoms with van der Waals surface area (Å²) < 4.78 is 5.80. The van der Waals surface area contributed by atoms with Crippen molar-refractivity contribution < 1.29 is 14.6 Å². The van der Waals surface area contributed by atoms with E-state index in [1.165, 1.54) is 13.3 Å². The average Bonchev–Trinajstić information content (AvgIpc) is 2.56. The second-order valence-electron chi connectivity index (χ2n) is 6.57. The molecule has 2 N–H and O–H groups in total. The first-order chi connectivity index (χ1) is 11.7. The Labute approximate surface area is 155 Å². The van der Waals surface area contributed by atoms with Crippen LogP contribution in [-0.4, -0.2) is 24.3 Å². The van der Waals surface area contributed by atoms with Crippen LogP contribution in [0.2, 0.25) is 0 Å². The van der Waals surface area contributed by atoms with Crippen LogP contribution < -0.4 is 10.2 Å². The van der Waals surface area contributed by atoms with Gasteiger partial charge in [0.2, 0.25) is 0 Å². The highest BCUT2D eigenvalue weighted by molar-refractivity contribution is 9.10. The van der Waals surface area contributed by atoms with Crippen molar-refractivity contribution >= 4 is 28.1 Å². The number of aromatic hydroxyl groups is 1. The fourth-order valence-electron chi connectivity index (χ4n) is 2.20. The maximum Gasteiger partial charge on any atom is 0.271 e. The van der Waals surface area contributed by atoms with Crippen molar-refractivity contribution in [1.29, 1.82) is 0 Å². The summed E-state index contributed by atoms with van der Waals surface area (Å²) in [4.78, 5) is 12.1. The minimum absolute atomic E-state index is 0.0322. The van der Waals surface area contributed by atoms with Crippen LogP contribution in [0.1, 0.15) is 42.3 Å². The Morgan fingerprint density at radius 2 is 1.88 bits per heavy atom. The van der Waals surface area contributed by atoms with E-state index >= 15 is 0 Å². The van der Waals surface area contributed by atoms with Crippen molar-refractivity contribution in [3.63, 3.8) is 0 Å². The predicted octanol–water partition coefficient (Wildman–Crippen LogP) is 4.22. The molecule has 5 nitrogen and oxygen atoms in total. The Morgan fingerprint density at radius 1 is 1.24 bits per heavy atom. The van der Waals surface area contributed by atoms with Gasteiger partial charge >= 0.3 is 0 Å². The summed E-state index contributed by atoms with van der Waals surface area (Å²) in [6.07, 6.45) is 1.37. The van der Waals surface area contributed by atoms with Crippen molar-refractivity contribution in [3.8, 4) is 11.5 Å². The fraction of sp³-hybridized carbons (Fsp3) is 0.263. The van der Waals surface area contributed by atoms with Crippen LogP contribution in [0.25, 0.3) is 0 Å². The number of amides is 1. The Hall–Kier alpha value is -2.34. The quantitative estimate of drug-likeness (QED) is 0.591. The number of methoxy groups -OCH3 is 1. The van der Waals surface area contributed by atoms with Crippen LogP contribution >= 0.6 is 15.9 Å². The summed E-state index contributed by atoms with van der Waals surface area (Å²) in [5.74, 6) is -0.0451. The van der Waals surface area contributed by atoms with Gasteiger partial charge in [-0.15, -0.1) is 0 Å². The third kappa shape index (κ3) is 4.82. The van der Waals surface area contributed by atoms with Gasteiger partial charge in [-0.3, -0.25) is 4.79 Å². The molecule has 2 aromatic rings. The van der Waals surface area contributed by atoms with Crippen LogP contribution in [0.3, 0.4) is 0 Å². The number of carbonyl (C=O) groups is 1. The molecule has 1 amide bonds. The zero-order valence-electron chi connectivity index (χ0n) is 14.6. The first-order valence-electron chi connectivity index (χ1n) is 7.73. The second-order valence-corrected chi connectivity index (χ2v) is 7.49. The molecule has 0 aliphatic carbocycles. The number of rotatable bonds is 4. The molecule has 0 spiro atoms. The van der Waals surface area contributed by atoms with E-state index in [1.807, 2.05) is 12.1 Å². The van der Waals surface area contributed by atoms with E-state index < -0.39 is 0 Å². The highest BCUT2D eigenvalue weighted by Gasteiger charge is 2.14. The number of hydrogen-bond acceptors (Lipinski definition) is 4. The molecule has 25 heavy (non-hydrogen) atoms. The Morgan fingerprint density at radius 3 is 2.44 bits per heavy atom. The smallest absolute Gasteiger partial charge is 0.271 e. The third-order valence-electron chi connectivity index (χ3n) is 3.67. The summed E-state index contributed by atoms with van der Waals surface area (Å²) >= 11 is 3.33. The van der Waals surface area contributed by atoms with Gasteiger partial charge in [0.15, 0.2) is 11.5 Å². The molecule has 132 valence electrons. The largest absolute Gasteiger partial charge is 0.504 e. The van der Waals surface area contributed by atoms with Crippen molar-refractivity contribution in [2.45, 2.75) is 26.2 Å². The van der Waals surface area contributed by atoms with Gasteiger partial charge in [-0.2, -0.15) is 5.10 Å². The minimum Gasteiger partial charge on any atom is -0.504 e. The number of hydrogen-bond donors (Lipinski definition) is 2. The maximum absolute atomic E-state index is 12.1. The average molecular weight is 405 g/mol. The molecule has 0 bridgehead atoms. The van der Waals surface area contributed by atoms with Crippen LogP contribution in [0, 0.1) is 0 Å². The first-order valence-corrected chi connectivity index (χ1v) is 8.52. The first kappa shape index (κ1) is 19.0. The fourth-order valence-corrected chi connectivity index (χ4v) is 2.65. The lowest BCUT2D eigenvalue weighted by molar-refractivity contribution is 0.0955. The van der Waals surface area contributed by atoms with Gasteiger partial charge in [-0.25, -0.2) is 5.43 Å². The van der Waals surface area contributed by atoms with Crippen molar-refractivity contribution in [1.82, 2.24) is 5.43 Å². The number of phenolic OH excluding ortho intramolecular Hbond substituents is 1. The summed E-state index contributed by atoms with van der Waals surface area (Å²) in [6, 6.07) is 10.7. The zero-order valence-corrected chi connectivity index (χ0v) is 16.2. The number of halogens is 1. The molecule has 0 heterocycles. The maximum atomic E-state index is 12.1. The minimum atomic E-state index is -0.321. The van der Waals surface area contributed by atoms with Gasteiger partial charge in [-0.1, -0.05) is 48.8 Å². The second kappa shape index (κ2) is 7.70. The monoisotopic (exact) mass is 404 g/mol. The number of phenols is 1. The molecule has 0 saturated carbocycles. The van der Waals surface area contributed by atoms with E-state index in [1.54, 1.807) is 24.3 Å².